The maximum atomic E-state index is 12.5. The zero-order valence-electron chi connectivity index (χ0n) is 15.3. The van der Waals surface area contributed by atoms with Gasteiger partial charge in [-0.1, -0.05) is 11.6 Å². The molecule has 1 aromatic rings. The molecule has 2 amide bonds. The summed E-state index contributed by atoms with van der Waals surface area (Å²) in [5.74, 6) is 0.514. The Balaban J connectivity index is 1.91. The van der Waals surface area contributed by atoms with Crippen LogP contribution in [0.4, 0.5) is 5.69 Å². The van der Waals surface area contributed by atoms with Crippen molar-refractivity contribution in [1.29, 1.82) is 0 Å². The fraction of sp³-hybridized carbons (Fsp3) is 0.579. The Kier molecular flexibility index (Phi) is 6.33. The molecule has 6 heteroatoms. The summed E-state index contributed by atoms with van der Waals surface area (Å²) in [5, 5.41) is 6.47. The van der Waals surface area contributed by atoms with Crippen LogP contribution in [0.1, 0.15) is 46.5 Å². The topological polar surface area (TPSA) is 67.4 Å². The number of methoxy groups -OCH3 is 1. The van der Waals surface area contributed by atoms with Gasteiger partial charge in [-0.2, -0.15) is 0 Å². The molecular formula is C19H27ClN2O3. The standard InChI is InChI=1S/C19H27ClN2O3/c1-19(2,3)22-18(24)13-7-5-12(6-8-13)17(23)21-15-11-14(20)9-10-16(15)25-4/h9-13H,5-8H2,1-4H3,(H,21,23)(H,22,24). The van der Waals surface area contributed by atoms with Gasteiger partial charge in [0.2, 0.25) is 11.8 Å². The lowest BCUT2D eigenvalue weighted by Gasteiger charge is -2.30. The molecule has 0 atom stereocenters. The van der Waals surface area contributed by atoms with Crippen LogP contribution in [0.25, 0.3) is 0 Å². The zero-order chi connectivity index (χ0) is 18.6. The van der Waals surface area contributed by atoms with Crippen LogP contribution < -0.4 is 15.4 Å². The van der Waals surface area contributed by atoms with E-state index >= 15 is 0 Å². The Labute approximate surface area is 154 Å². The predicted molar refractivity (Wildman–Crippen MR) is 100.0 cm³/mol. The predicted octanol–water partition coefficient (Wildman–Crippen LogP) is 4.01. The highest BCUT2D eigenvalue weighted by Gasteiger charge is 2.31. The van der Waals surface area contributed by atoms with Crippen molar-refractivity contribution in [3.05, 3.63) is 23.2 Å². The molecule has 0 radical (unpaired) electrons. The normalized spacial score (nSPS) is 20.7. The van der Waals surface area contributed by atoms with E-state index in [2.05, 4.69) is 10.6 Å². The summed E-state index contributed by atoms with van der Waals surface area (Å²) < 4.78 is 5.26. The molecule has 2 N–H and O–H groups in total. The van der Waals surface area contributed by atoms with Crippen LogP contribution in [-0.2, 0) is 9.59 Å². The number of amides is 2. The maximum Gasteiger partial charge on any atom is 0.227 e. The van der Waals surface area contributed by atoms with E-state index in [4.69, 9.17) is 16.3 Å². The van der Waals surface area contributed by atoms with Crippen molar-refractivity contribution in [1.82, 2.24) is 5.32 Å². The first-order chi connectivity index (χ1) is 11.7. The summed E-state index contributed by atoms with van der Waals surface area (Å²) in [6.45, 7) is 5.92. The molecule has 0 aliphatic heterocycles. The van der Waals surface area contributed by atoms with E-state index in [1.807, 2.05) is 20.8 Å². The molecule has 5 nitrogen and oxygen atoms in total. The van der Waals surface area contributed by atoms with E-state index in [-0.39, 0.29) is 29.2 Å². The third-order valence-electron chi connectivity index (χ3n) is 4.39. The van der Waals surface area contributed by atoms with E-state index in [9.17, 15) is 9.59 Å². The highest BCUT2D eigenvalue weighted by molar-refractivity contribution is 6.31. The van der Waals surface area contributed by atoms with Crippen molar-refractivity contribution in [2.75, 3.05) is 12.4 Å². The van der Waals surface area contributed by atoms with Crippen molar-refractivity contribution < 1.29 is 14.3 Å². The molecule has 0 spiro atoms. The average molecular weight is 367 g/mol. The van der Waals surface area contributed by atoms with Crippen LogP contribution >= 0.6 is 11.6 Å². The van der Waals surface area contributed by atoms with Crippen LogP contribution in [0.15, 0.2) is 18.2 Å². The number of carbonyl (C=O) groups excluding carboxylic acids is 2. The summed E-state index contributed by atoms with van der Waals surface area (Å²) >= 11 is 6.00. The van der Waals surface area contributed by atoms with Crippen molar-refractivity contribution in [2.45, 2.75) is 52.0 Å². The van der Waals surface area contributed by atoms with Crippen LogP contribution in [0.5, 0.6) is 5.75 Å². The van der Waals surface area contributed by atoms with Crippen molar-refractivity contribution in [3.63, 3.8) is 0 Å². The van der Waals surface area contributed by atoms with Crippen LogP contribution in [0.2, 0.25) is 5.02 Å². The highest BCUT2D eigenvalue weighted by atomic mass is 35.5. The van der Waals surface area contributed by atoms with Gasteiger partial charge in [0.05, 0.1) is 12.8 Å². The zero-order valence-corrected chi connectivity index (χ0v) is 16.1. The van der Waals surface area contributed by atoms with Crippen molar-refractivity contribution >= 4 is 29.1 Å². The van der Waals surface area contributed by atoms with Crippen LogP contribution in [0.3, 0.4) is 0 Å². The number of benzene rings is 1. The van der Waals surface area contributed by atoms with Gasteiger partial charge < -0.3 is 15.4 Å². The molecule has 0 saturated heterocycles. The Morgan fingerprint density at radius 1 is 1.08 bits per heavy atom. The van der Waals surface area contributed by atoms with Gasteiger partial charge in [-0.25, -0.2) is 0 Å². The third-order valence-corrected chi connectivity index (χ3v) is 4.62. The Bertz CT molecular complexity index is 632. The number of hydrogen-bond donors (Lipinski definition) is 2. The number of ether oxygens (including phenoxy) is 1. The summed E-state index contributed by atoms with van der Waals surface area (Å²) in [6, 6.07) is 5.13. The van der Waals surface area contributed by atoms with Gasteiger partial charge in [-0.15, -0.1) is 0 Å². The van der Waals surface area contributed by atoms with E-state index in [0.717, 1.165) is 12.8 Å². The minimum absolute atomic E-state index is 0.0102. The molecule has 1 saturated carbocycles. The molecule has 2 rings (SSSR count). The fourth-order valence-electron chi connectivity index (χ4n) is 3.10. The minimum Gasteiger partial charge on any atom is -0.495 e. The largest absolute Gasteiger partial charge is 0.495 e. The smallest absolute Gasteiger partial charge is 0.227 e. The first kappa shape index (κ1) is 19.6. The second-order valence-electron chi connectivity index (χ2n) is 7.62. The minimum atomic E-state index is -0.228. The second-order valence-corrected chi connectivity index (χ2v) is 8.06. The van der Waals surface area contributed by atoms with Gasteiger partial charge >= 0.3 is 0 Å². The maximum absolute atomic E-state index is 12.5. The number of nitrogens with one attached hydrogen (secondary N) is 2. The van der Waals surface area contributed by atoms with E-state index in [0.29, 0.717) is 29.3 Å². The van der Waals surface area contributed by atoms with Gasteiger partial charge in [0.1, 0.15) is 5.75 Å². The molecular weight excluding hydrogens is 340 g/mol. The van der Waals surface area contributed by atoms with Gasteiger partial charge in [0.25, 0.3) is 0 Å². The molecule has 138 valence electrons. The SMILES string of the molecule is COc1ccc(Cl)cc1NC(=O)C1CCC(C(=O)NC(C)(C)C)CC1. The van der Waals surface area contributed by atoms with Crippen LogP contribution in [0, 0.1) is 11.8 Å². The molecule has 25 heavy (non-hydrogen) atoms. The summed E-state index contributed by atoms with van der Waals surface area (Å²) in [7, 11) is 1.55. The first-order valence-electron chi connectivity index (χ1n) is 8.66. The monoisotopic (exact) mass is 366 g/mol. The number of halogens is 1. The molecule has 1 aromatic carbocycles. The molecule has 0 bridgehead atoms. The van der Waals surface area contributed by atoms with Crippen molar-refractivity contribution in [3.8, 4) is 5.75 Å². The Morgan fingerprint density at radius 3 is 2.16 bits per heavy atom. The first-order valence-corrected chi connectivity index (χ1v) is 9.04. The fourth-order valence-corrected chi connectivity index (χ4v) is 3.27. The summed E-state index contributed by atoms with van der Waals surface area (Å²) in [5.41, 5.74) is 0.349. The highest BCUT2D eigenvalue weighted by Crippen LogP contribution is 2.32. The lowest BCUT2D eigenvalue weighted by atomic mass is 9.81. The molecule has 1 aliphatic carbocycles. The third kappa shape index (κ3) is 5.63. The van der Waals surface area contributed by atoms with Crippen molar-refractivity contribution in [2.24, 2.45) is 11.8 Å². The lowest BCUT2D eigenvalue weighted by Crippen LogP contribution is -2.45. The quantitative estimate of drug-likeness (QED) is 0.846. The molecule has 1 aliphatic rings. The summed E-state index contributed by atoms with van der Waals surface area (Å²) in [6.07, 6.45) is 2.87. The number of carbonyl (C=O) groups is 2. The van der Waals surface area contributed by atoms with E-state index < -0.39 is 0 Å². The molecule has 0 aromatic heterocycles. The average Bonchev–Trinajstić information content (AvgIpc) is 2.53. The Morgan fingerprint density at radius 2 is 1.64 bits per heavy atom. The van der Waals surface area contributed by atoms with Gasteiger partial charge in [-0.05, 0) is 64.7 Å². The second kappa shape index (κ2) is 8.09. The Hall–Kier alpha value is -1.75. The van der Waals surface area contributed by atoms with E-state index in [1.54, 1.807) is 25.3 Å². The van der Waals surface area contributed by atoms with E-state index in [1.165, 1.54) is 0 Å². The number of hydrogen-bond acceptors (Lipinski definition) is 3. The van der Waals surface area contributed by atoms with Gasteiger partial charge in [-0.3, -0.25) is 9.59 Å². The molecule has 0 unspecified atom stereocenters. The summed E-state index contributed by atoms with van der Waals surface area (Å²) in [4.78, 5) is 24.8. The molecule has 1 fully saturated rings. The van der Waals surface area contributed by atoms with Gasteiger partial charge in [0.15, 0.2) is 0 Å². The number of rotatable bonds is 4. The number of anilines is 1. The lowest BCUT2D eigenvalue weighted by molar-refractivity contribution is -0.129. The van der Waals surface area contributed by atoms with Gasteiger partial charge in [0, 0.05) is 22.4 Å². The molecule has 0 heterocycles. The van der Waals surface area contributed by atoms with Crippen LogP contribution in [-0.4, -0.2) is 24.5 Å².